The van der Waals surface area contributed by atoms with E-state index in [4.69, 9.17) is 0 Å². The Bertz CT molecular complexity index is 1150. The summed E-state index contributed by atoms with van der Waals surface area (Å²) in [7, 11) is 0. The lowest BCUT2D eigenvalue weighted by atomic mass is 10.1. The third-order valence-electron chi connectivity index (χ3n) is 4.48. The Labute approximate surface area is 151 Å². The lowest BCUT2D eigenvalue weighted by Gasteiger charge is -2.03. The van der Waals surface area contributed by atoms with Crippen molar-refractivity contribution in [3.63, 3.8) is 0 Å². The summed E-state index contributed by atoms with van der Waals surface area (Å²) in [5, 5.41) is 4.63. The van der Waals surface area contributed by atoms with Crippen LogP contribution in [-0.2, 0) is 6.54 Å². The molecular weight excluding hydrogens is 322 g/mol. The molecule has 2 aromatic heterocycles. The van der Waals surface area contributed by atoms with Crippen molar-refractivity contribution < 1.29 is 4.79 Å². The van der Waals surface area contributed by atoms with E-state index in [0.29, 0.717) is 12.1 Å². The number of ketones is 1. The third kappa shape index (κ3) is 2.56. The molecule has 128 valence electrons. The van der Waals surface area contributed by atoms with Crippen LogP contribution in [0.2, 0.25) is 0 Å². The van der Waals surface area contributed by atoms with Crippen molar-refractivity contribution in [2.24, 2.45) is 0 Å². The number of hydrogen-bond acceptors (Lipinski definition) is 2. The summed E-state index contributed by atoms with van der Waals surface area (Å²) in [4.78, 5) is 13.0. The molecule has 0 atom stereocenters. The molecule has 4 aromatic rings. The fourth-order valence-electron chi connectivity index (χ4n) is 3.34. The smallest absolute Gasteiger partial charge is 0.191 e. The molecule has 0 aliphatic heterocycles. The van der Waals surface area contributed by atoms with E-state index in [1.165, 1.54) is 0 Å². The minimum Gasteiger partial charge on any atom is -0.320 e. The Morgan fingerprint density at radius 1 is 1.08 bits per heavy atom. The van der Waals surface area contributed by atoms with Crippen molar-refractivity contribution in [2.75, 3.05) is 0 Å². The Balaban J connectivity index is 1.89. The molecule has 0 saturated heterocycles. The van der Waals surface area contributed by atoms with Crippen LogP contribution in [0.1, 0.15) is 21.6 Å². The van der Waals surface area contributed by atoms with Crippen molar-refractivity contribution in [1.82, 2.24) is 14.2 Å². The average molecular weight is 341 g/mol. The van der Waals surface area contributed by atoms with Crippen molar-refractivity contribution in [2.45, 2.75) is 13.5 Å². The maximum Gasteiger partial charge on any atom is 0.191 e. The first kappa shape index (κ1) is 16.1. The molecule has 0 aliphatic rings. The van der Waals surface area contributed by atoms with Crippen LogP contribution in [0.25, 0.3) is 22.8 Å². The van der Waals surface area contributed by atoms with Crippen LogP contribution in [0.4, 0.5) is 0 Å². The van der Waals surface area contributed by atoms with Crippen LogP contribution in [0.5, 0.6) is 0 Å². The lowest BCUT2D eigenvalue weighted by molar-refractivity contribution is 0.104. The zero-order chi connectivity index (χ0) is 18.1. The maximum absolute atomic E-state index is 13.0. The van der Waals surface area contributed by atoms with Gasteiger partial charge in [-0.15, -0.1) is 6.58 Å². The van der Waals surface area contributed by atoms with Gasteiger partial charge in [-0.05, 0) is 30.7 Å². The summed E-state index contributed by atoms with van der Waals surface area (Å²) in [6.45, 7) is 6.35. The van der Waals surface area contributed by atoms with Crippen molar-refractivity contribution in [3.8, 4) is 0 Å². The van der Waals surface area contributed by atoms with Crippen molar-refractivity contribution >= 4 is 28.5 Å². The second-order valence-electron chi connectivity index (χ2n) is 6.19. The van der Waals surface area contributed by atoms with E-state index < -0.39 is 0 Å². The van der Waals surface area contributed by atoms with Gasteiger partial charge >= 0.3 is 0 Å². The zero-order valence-corrected chi connectivity index (χ0v) is 14.6. The molecule has 2 aromatic carbocycles. The molecule has 0 aliphatic carbocycles. The van der Waals surface area contributed by atoms with Crippen LogP contribution < -0.4 is 0 Å². The number of imidazole rings is 1. The van der Waals surface area contributed by atoms with Gasteiger partial charge in [0, 0.05) is 6.54 Å². The normalized spacial score (nSPS) is 11.6. The van der Waals surface area contributed by atoms with Gasteiger partial charge in [0.1, 0.15) is 5.65 Å². The Morgan fingerprint density at radius 2 is 1.77 bits per heavy atom. The molecule has 0 radical (unpaired) electrons. The van der Waals surface area contributed by atoms with Gasteiger partial charge < -0.3 is 4.57 Å². The fourth-order valence-corrected chi connectivity index (χ4v) is 3.34. The van der Waals surface area contributed by atoms with Gasteiger partial charge in [0.25, 0.3) is 0 Å². The second-order valence-corrected chi connectivity index (χ2v) is 6.19. The third-order valence-corrected chi connectivity index (χ3v) is 4.48. The predicted molar refractivity (Wildman–Crippen MR) is 105 cm³/mol. The van der Waals surface area contributed by atoms with E-state index in [1.54, 1.807) is 6.08 Å². The summed E-state index contributed by atoms with van der Waals surface area (Å²) >= 11 is 0. The Kier molecular flexibility index (Phi) is 4.01. The topological polar surface area (TPSA) is 39.3 Å². The largest absolute Gasteiger partial charge is 0.320 e. The monoisotopic (exact) mass is 341 g/mol. The molecule has 4 heteroatoms. The Hall–Kier alpha value is -3.40. The molecule has 0 spiro atoms. The number of carbonyl (C=O) groups is 1. The van der Waals surface area contributed by atoms with E-state index in [-0.39, 0.29) is 5.78 Å². The fraction of sp³-hybridized carbons (Fsp3) is 0.0909. The maximum atomic E-state index is 13.0. The van der Waals surface area contributed by atoms with E-state index in [0.717, 1.165) is 27.9 Å². The van der Waals surface area contributed by atoms with Gasteiger partial charge in [0.05, 0.1) is 22.3 Å². The summed E-state index contributed by atoms with van der Waals surface area (Å²) in [5.74, 6) is -0.0468. The number of carbonyl (C=O) groups excluding carboxylic acids is 1. The highest BCUT2D eigenvalue weighted by Crippen LogP contribution is 2.26. The second kappa shape index (κ2) is 6.48. The van der Waals surface area contributed by atoms with Crippen LogP contribution in [0.3, 0.4) is 0 Å². The number of fused-ring (bicyclic) bond motifs is 3. The SMILES string of the molecule is C=CCn1c2ccccc2n2nc(C)c(C(=O)C=Cc3ccccc3)c12. The molecule has 0 bridgehead atoms. The molecule has 26 heavy (non-hydrogen) atoms. The number of hydrogen-bond donors (Lipinski definition) is 0. The van der Waals surface area contributed by atoms with E-state index in [9.17, 15) is 4.79 Å². The van der Waals surface area contributed by atoms with Crippen LogP contribution in [0, 0.1) is 6.92 Å². The first-order valence-electron chi connectivity index (χ1n) is 8.55. The highest BCUT2D eigenvalue weighted by molar-refractivity contribution is 6.12. The minimum atomic E-state index is -0.0468. The van der Waals surface area contributed by atoms with Crippen molar-refractivity contribution in [1.29, 1.82) is 0 Å². The standard InChI is InChI=1S/C22H19N3O/c1-3-15-24-18-11-7-8-12-19(18)25-22(24)21(16(2)23-25)20(26)14-13-17-9-5-4-6-10-17/h3-14H,1,15H2,2H3. The van der Waals surface area contributed by atoms with Crippen LogP contribution in [0.15, 0.2) is 73.3 Å². The van der Waals surface area contributed by atoms with Gasteiger partial charge in [-0.2, -0.15) is 5.10 Å². The molecule has 0 N–H and O–H groups in total. The molecule has 4 rings (SSSR count). The van der Waals surface area contributed by atoms with Crippen LogP contribution in [-0.4, -0.2) is 20.0 Å². The van der Waals surface area contributed by atoms with E-state index in [1.807, 2.05) is 78.2 Å². The summed E-state index contributed by atoms with van der Waals surface area (Å²) < 4.78 is 3.95. The minimum absolute atomic E-state index is 0.0468. The average Bonchev–Trinajstić information content (AvgIpc) is 3.15. The van der Waals surface area contributed by atoms with E-state index >= 15 is 0 Å². The number of aromatic nitrogens is 3. The first-order valence-corrected chi connectivity index (χ1v) is 8.55. The number of aryl methyl sites for hydroxylation is 1. The summed E-state index contributed by atoms with van der Waals surface area (Å²) in [5.41, 5.74) is 5.19. The number of rotatable bonds is 5. The predicted octanol–water partition coefficient (Wildman–Crippen LogP) is 4.68. The lowest BCUT2D eigenvalue weighted by Crippen LogP contribution is -2.02. The van der Waals surface area contributed by atoms with Gasteiger partial charge in [-0.25, -0.2) is 4.52 Å². The zero-order valence-electron chi connectivity index (χ0n) is 14.6. The van der Waals surface area contributed by atoms with Gasteiger partial charge in [0.2, 0.25) is 0 Å². The number of nitrogens with zero attached hydrogens (tertiary/aromatic N) is 3. The number of para-hydroxylation sites is 2. The summed E-state index contributed by atoms with van der Waals surface area (Å²) in [6.07, 6.45) is 5.30. The highest BCUT2D eigenvalue weighted by Gasteiger charge is 2.21. The summed E-state index contributed by atoms with van der Waals surface area (Å²) in [6, 6.07) is 17.8. The number of allylic oxidation sites excluding steroid dienone is 2. The molecule has 0 amide bonds. The van der Waals surface area contributed by atoms with Crippen molar-refractivity contribution in [3.05, 3.63) is 90.1 Å². The molecule has 0 saturated carbocycles. The quantitative estimate of drug-likeness (QED) is 0.300. The number of benzene rings is 2. The molecule has 0 fully saturated rings. The van der Waals surface area contributed by atoms with Gasteiger partial charge in [-0.1, -0.05) is 54.6 Å². The highest BCUT2D eigenvalue weighted by atomic mass is 16.1. The molecule has 4 nitrogen and oxygen atoms in total. The Morgan fingerprint density at radius 3 is 2.50 bits per heavy atom. The van der Waals surface area contributed by atoms with Gasteiger partial charge in [0.15, 0.2) is 5.78 Å². The molecular formula is C22H19N3O. The van der Waals surface area contributed by atoms with Gasteiger partial charge in [-0.3, -0.25) is 4.79 Å². The molecule has 0 unspecified atom stereocenters. The van der Waals surface area contributed by atoms with E-state index in [2.05, 4.69) is 16.2 Å². The molecule has 2 heterocycles. The first-order chi connectivity index (χ1) is 12.7. The van der Waals surface area contributed by atoms with Crippen LogP contribution >= 0.6 is 0 Å².